The maximum absolute atomic E-state index is 9.99. The molecule has 0 radical (unpaired) electrons. The van der Waals surface area contributed by atoms with E-state index in [0.717, 1.165) is 43.4 Å². The lowest BCUT2D eigenvalue weighted by Crippen LogP contribution is -2.43. The first kappa shape index (κ1) is 14.1. The number of aromatic nitrogens is 2. The zero-order chi connectivity index (χ0) is 13.8. The summed E-state index contributed by atoms with van der Waals surface area (Å²) in [6, 6.07) is 1.98. The molecule has 2 heterocycles. The summed E-state index contributed by atoms with van der Waals surface area (Å²) in [5.74, 6) is 2.93. The van der Waals surface area contributed by atoms with Crippen LogP contribution in [-0.4, -0.2) is 40.8 Å². The van der Waals surface area contributed by atoms with Gasteiger partial charge in [-0.05, 0) is 25.7 Å². The molecular formula is C14H24N4O. The van der Waals surface area contributed by atoms with E-state index in [1.54, 1.807) is 0 Å². The third-order valence-electron chi connectivity index (χ3n) is 3.62. The third-order valence-corrected chi connectivity index (χ3v) is 3.62. The molecule has 2 atom stereocenters. The molecule has 2 unspecified atom stereocenters. The number of nitrogens with zero attached hydrogens (tertiary/aromatic N) is 3. The van der Waals surface area contributed by atoms with Crippen LogP contribution in [0.1, 0.15) is 32.5 Å². The fourth-order valence-corrected chi connectivity index (χ4v) is 2.31. The molecule has 0 bridgehead atoms. The summed E-state index contributed by atoms with van der Waals surface area (Å²) < 4.78 is 0. The lowest BCUT2D eigenvalue weighted by molar-refractivity contribution is 0.102. The van der Waals surface area contributed by atoms with E-state index in [9.17, 15) is 5.11 Å². The van der Waals surface area contributed by atoms with Crippen molar-refractivity contribution in [3.8, 4) is 0 Å². The van der Waals surface area contributed by atoms with Gasteiger partial charge in [0.2, 0.25) is 0 Å². The van der Waals surface area contributed by atoms with Crippen LogP contribution < -0.4 is 10.2 Å². The number of piperidine rings is 1. The minimum atomic E-state index is -0.268. The zero-order valence-corrected chi connectivity index (χ0v) is 12.1. The standard InChI is InChI=1S/C14H24N4O/c1-4-6-15-13-8-14(17-11(3)16-13)18-7-5-10(2)12(19)9-18/h8,10,12,19H,4-7,9H2,1-3H3,(H,15,16,17). The van der Waals surface area contributed by atoms with Crippen molar-refractivity contribution in [2.24, 2.45) is 5.92 Å². The first-order chi connectivity index (χ1) is 9.10. The first-order valence-electron chi connectivity index (χ1n) is 7.12. The molecular weight excluding hydrogens is 240 g/mol. The van der Waals surface area contributed by atoms with E-state index in [-0.39, 0.29) is 6.10 Å². The summed E-state index contributed by atoms with van der Waals surface area (Å²) in [6.07, 6.45) is 1.80. The maximum Gasteiger partial charge on any atom is 0.134 e. The van der Waals surface area contributed by atoms with Gasteiger partial charge in [0.15, 0.2) is 0 Å². The van der Waals surface area contributed by atoms with E-state index in [1.165, 1.54) is 0 Å². The number of rotatable bonds is 4. The highest BCUT2D eigenvalue weighted by molar-refractivity contribution is 5.49. The predicted octanol–water partition coefficient (Wildman–Crippen LogP) is 1.81. The van der Waals surface area contributed by atoms with E-state index in [4.69, 9.17) is 0 Å². The highest BCUT2D eigenvalue weighted by atomic mass is 16.3. The van der Waals surface area contributed by atoms with Crippen molar-refractivity contribution in [3.05, 3.63) is 11.9 Å². The van der Waals surface area contributed by atoms with Crippen LogP contribution in [-0.2, 0) is 0 Å². The normalized spacial score (nSPS) is 23.5. The second-order valence-corrected chi connectivity index (χ2v) is 5.36. The Morgan fingerprint density at radius 2 is 2.26 bits per heavy atom. The average Bonchev–Trinajstić information content (AvgIpc) is 2.39. The van der Waals surface area contributed by atoms with Crippen LogP contribution in [0.15, 0.2) is 6.07 Å². The van der Waals surface area contributed by atoms with Gasteiger partial charge in [0.1, 0.15) is 17.5 Å². The Morgan fingerprint density at radius 1 is 1.47 bits per heavy atom. The van der Waals surface area contributed by atoms with E-state index >= 15 is 0 Å². The molecule has 0 spiro atoms. The second kappa shape index (κ2) is 6.19. The molecule has 0 amide bonds. The number of aryl methyl sites for hydroxylation is 1. The SMILES string of the molecule is CCCNc1cc(N2CCC(C)C(O)C2)nc(C)n1. The Morgan fingerprint density at radius 3 is 2.95 bits per heavy atom. The fourth-order valence-electron chi connectivity index (χ4n) is 2.31. The van der Waals surface area contributed by atoms with Gasteiger partial charge in [-0.3, -0.25) is 0 Å². The third kappa shape index (κ3) is 3.56. The largest absolute Gasteiger partial charge is 0.391 e. The van der Waals surface area contributed by atoms with Gasteiger partial charge in [-0.15, -0.1) is 0 Å². The molecule has 0 aliphatic carbocycles. The highest BCUT2D eigenvalue weighted by Crippen LogP contribution is 2.23. The van der Waals surface area contributed by atoms with Gasteiger partial charge in [0.05, 0.1) is 6.10 Å². The maximum atomic E-state index is 9.99. The van der Waals surface area contributed by atoms with Gasteiger partial charge in [-0.1, -0.05) is 13.8 Å². The van der Waals surface area contributed by atoms with Crippen molar-refractivity contribution in [3.63, 3.8) is 0 Å². The van der Waals surface area contributed by atoms with E-state index in [0.29, 0.717) is 12.5 Å². The monoisotopic (exact) mass is 264 g/mol. The number of aliphatic hydroxyl groups is 1. The van der Waals surface area contributed by atoms with Crippen molar-refractivity contribution in [1.29, 1.82) is 0 Å². The Labute approximate surface area is 115 Å². The van der Waals surface area contributed by atoms with Gasteiger partial charge in [0, 0.05) is 25.7 Å². The zero-order valence-electron chi connectivity index (χ0n) is 12.1. The van der Waals surface area contributed by atoms with Crippen molar-refractivity contribution in [2.45, 2.75) is 39.7 Å². The van der Waals surface area contributed by atoms with Gasteiger partial charge >= 0.3 is 0 Å². The Balaban J connectivity index is 2.13. The fraction of sp³-hybridized carbons (Fsp3) is 0.714. The molecule has 19 heavy (non-hydrogen) atoms. The van der Waals surface area contributed by atoms with Crippen LogP contribution in [0, 0.1) is 12.8 Å². The molecule has 2 rings (SSSR count). The summed E-state index contributed by atoms with van der Waals surface area (Å²) in [6.45, 7) is 8.65. The molecule has 1 aromatic heterocycles. The highest BCUT2D eigenvalue weighted by Gasteiger charge is 2.25. The van der Waals surface area contributed by atoms with Crippen LogP contribution in [0.2, 0.25) is 0 Å². The molecule has 1 fully saturated rings. The average molecular weight is 264 g/mol. The number of hydrogen-bond acceptors (Lipinski definition) is 5. The molecule has 1 aromatic rings. The Bertz CT molecular complexity index is 424. The molecule has 5 nitrogen and oxygen atoms in total. The number of nitrogens with one attached hydrogen (secondary N) is 1. The Kier molecular flexibility index (Phi) is 4.58. The van der Waals surface area contributed by atoms with Crippen molar-refractivity contribution >= 4 is 11.6 Å². The van der Waals surface area contributed by atoms with Crippen LogP contribution in [0.3, 0.4) is 0 Å². The van der Waals surface area contributed by atoms with E-state index < -0.39 is 0 Å². The number of β-amino-alcohol motifs (C(OH)–C–C–N with tert-alkyl or cyclic N) is 1. The second-order valence-electron chi connectivity index (χ2n) is 5.36. The molecule has 1 aliphatic heterocycles. The van der Waals surface area contributed by atoms with E-state index in [1.807, 2.05) is 13.0 Å². The molecule has 1 saturated heterocycles. The lowest BCUT2D eigenvalue weighted by Gasteiger charge is -2.35. The van der Waals surface area contributed by atoms with Gasteiger partial charge in [0.25, 0.3) is 0 Å². The first-order valence-corrected chi connectivity index (χ1v) is 7.12. The number of aliphatic hydroxyl groups excluding tert-OH is 1. The summed E-state index contributed by atoms with van der Waals surface area (Å²) in [4.78, 5) is 11.0. The van der Waals surface area contributed by atoms with Crippen LogP contribution in [0.5, 0.6) is 0 Å². The molecule has 5 heteroatoms. The molecule has 0 aromatic carbocycles. The van der Waals surface area contributed by atoms with Crippen molar-refractivity contribution < 1.29 is 5.11 Å². The predicted molar refractivity (Wildman–Crippen MR) is 77.6 cm³/mol. The van der Waals surface area contributed by atoms with Crippen LogP contribution in [0.4, 0.5) is 11.6 Å². The molecule has 0 saturated carbocycles. The quantitative estimate of drug-likeness (QED) is 0.868. The van der Waals surface area contributed by atoms with Crippen LogP contribution >= 0.6 is 0 Å². The summed E-state index contributed by atoms with van der Waals surface area (Å²) in [5.41, 5.74) is 0. The van der Waals surface area contributed by atoms with Crippen molar-refractivity contribution in [1.82, 2.24) is 9.97 Å². The minimum Gasteiger partial charge on any atom is -0.391 e. The molecule has 106 valence electrons. The van der Waals surface area contributed by atoms with Crippen molar-refractivity contribution in [2.75, 3.05) is 29.9 Å². The summed E-state index contributed by atoms with van der Waals surface area (Å²) in [5, 5.41) is 13.3. The smallest absolute Gasteiger partial charge is 0.134 e. The minimum absolute atomic E-state index is 0.268. The number of hydrogen-bond donors (Lipinski definition) is 2. The number of anilines is 2. The van der Waals surface area contributed by atoms with Crippen LogP contribution in [0.25, 0.3) is 0 Å². The van der Waals surface area contributed by atoms with Gasteiger partial charge in [-0.25, -0.2) is 9.97 Å². The molecule has 2 N–H and O–H groups in total. The summed E-state index contributed by atoms with van der Waals surface area (Å²) in [7, 11) is 0. The van der Waals surface area contributed by atoms with Gasteiger partial charge in [-0.2, -0.15) is 0 Å². The molecule has 1 aliphatic rings. The van der Waals surface area contributed by atoms with Gasteiger partial charge < -0.3 is 15.3 Å². The Hall–Kier alpha value is -1.36. The topological polar surface area (TPSA) is 61.3 Å². The summed E-state index contributed by atoms with van der Waals surface area (Å²) >= 11 is 0. The van der Waals surface area contributed by atoms with E-state index in [2.05, 4.69) is 34.0 Å². The lowest BCUT2D eigenvalue weighted by atomic mass is 9.96.